The van der Waals surface area contributed by atoms with Crippen molar-refractivity contribution in [3.8, 4) is 11.5 Å². The lowest BCUT2D eigenvalue weighted by Crippen LogP contribution is -2.22. The van der Waals surface area contributed by atoms with Crippen molar-refractivity contribution in [3.63, 3.8) is 0 Å². The molecule has 5 nitrogen and oxygen atoms in total. The third-order valence-electron chi connectivity index (χ3n) is 4.25. The molecule has 124 valence electrons. The molecule has 1 atom stereocenters. The van der Waals surface area contributed by atoms with Crippen LogP contribution in [0.1, 0.15) is 50.0 Å². The van der Waals surface area contributed by atoms with Gasteiger partial charge in [-0.25, -0.2) is 4.98 Å². The van der Waals surface area contributed by atoms with Gasteiger partial charge in [0.15, 0.2) is 0 Å². The van der Waals surface area contributed by atoms with E-state index in [2.05, 4.69) is 29.2 Å². The van der Waals surface area contributed by atoms with Crippen LogP contribution >= 0.6 is 11.5 Å². The molecule has 1 aromatic heterocycles. The molecule has 0 amide bonds. The maximum Gasteiger partial charge on any atom is 0.205 e. The third kappa shape index (κ3) is 3.13. The number of nitrogens with zero attached hydrogens (tertiary/aromatic N) is 3. The Kier molecular flexibility index (Phi) is 4.71. The predicted molar refractivity (Wildman–Crippen MR) is 92.9 cm³/mol. The van der Waals surface area contributed by atoms with Gasteiger partial charge in [-0.2, -0.15) is 4.37 Å². The Morgan fingerprint density at radius 3 is 2.74 bits per heavy atom. The van der Waals surface area contributed by atoms with Gasteiger partial charge >= 0.3 is 0 Å². The van der Waals surface area contributed by atoms with E-state index in [9.17, 15) is 0 Å². The standard InChI is InChI=1S/C17H23N3O2S/c1-11(2)16-18-17(23-19-16)20-9-5-6-14(20)13-8-7-12(21-3)10-15(13)22-4/h7-8,10-11,14H,5-6,9H2,1-4H3. The molecule has 0 N–H and O–H groups in total. The van der Waals surface area contributed by atoms with Crippen molar-refractivity contribution in [2.75, 3.05) is 25.7 Å². The molecule has 3 rings (SSSR count). The van der Waals surface area contributed by atoms with Crippen LogP contribution in [0.2, 0.25) is 0 Å². The maximum absolute atomic E-state index is 5.59. The number of methoxy groups -OCH3 is 2. The summed E-state index contributed by atoms with van der Waals surface area (Å²) in [7, 11) is 3.38. The van der Waals surface area contributed by atoms with Crippen LogP contribution in [0.15, 0.2) is 18.2 Å². The van der Waals surface area contributed by atoms with Crippen LogP contribution in [0.3, 0.4) is 0 Å². The molecular weight excluding hydrogens is 310 g/mol. The minimum atomic E-state index is 0.281. The lowest BCUT2D eigenvalue weighted by Gasteiger charge is -2.25. The number of ether oxygens (including phenoxy) is 2. The van der Waals surface area contributed by atoms with Crippen molar-refractivity contribution in [1.29, 1.82) is 0 Å². The van der Waals surface area contributed by atoms with Gasteiger partial charge in [-0.15, -0.1) is 0 Å². The van der Waals surface area contributed by atoms with Gasteiger partial charge in [0.25, 0.3) is 0 Å². The molecule has 0 saturated carbocycles. The van der Waals surface area contributed by atoms with E-state index in [0.717, 1.165) is 41.8 Å². The summed E-state index contributed by atoms with van der Waals surface area (Å²) in [5, 5.41) is 1.01. The average Bonchev–Trinajstić information content (AvgIpc) is 3.22. The summed E-state index contributed by atoms with van der Waals surface area (Å²) in [5.74, 6) is 2.97. The van der Waals surface area contributed by atoms with E-state index in [0.29, 0.717) is 5.92 Å². The van der Waals surface area contributed by atoms with Gasteiger partial charge in [0.2, 0.25) is 5.13 Å². The van der Waals surface area contributed by atoms with E-state index in [1.54, 1.807) is 14.2 Å². The molecule has 23 heavy (non-hydrogen) atoms. The fourth-order valence-corrected chi connectivity index (χ4v) is 3.87. The quantitative estimate of drug-likeness (QED) is 0.827. The second-order valence-electron chi connectivity index (χ2n) is 6.05. The largest absolute Gasteiger partial charge is 0.497 e. The summed E-state index contributed by atoms with van der Waals surface area (Å²) in [6.45, 7) is 5.26. The highest BCUT2D eigenvalue weighted by molar-refractivity contribution is 7.09. The van der Waals surface area contributed by atoms with Crippen LogP contribution in [-0.2, 0) is 0 Å². The van der Waals surface area contributed by atoms with Crippen molar-refractivity contribution >= 4 is 16.7 Å². The van der Waals surface area contributed by atoms with Crippen molar-refractivity contribution in [3.05, 3.63) is 29.6 Å². The van der Waals surface area contributed by atoms with E-state index in [-0.39, 0.29) is 6.04 Å². The monoisotopic (exact) mass is 333 g/mol. The van der Waals surface area contributed by atoms with Crippen LogP contribution < -0.4 is 14.4 Å². The normalized spacial score (nSPS) is 17.8. The highest BCUT2D eigenvalue weighted by atomic mass is 32.1. The zero-order chi connectivity index (χ0) is 16.4. The molecule has 1 unspecified atom stereocenters. The van der Waals surface area contributed by atoms with Gasteiger partial charge < -0.3 is 14.4 Å². The fraction of sp³-hybridized carbons (Fsp3) is 0.529. The van der Waals surface area contributed by atoms with E-state index in [1.807, 2.05) is 12.1 Å². The Bertz CT molecular complexity index is 672. The van der Waals surface area contributed by atoms with Crippen molar-refractivity contribution in [2.24, 2.45) is 0 Å². The lowest BCUT2D eigenvalue weighted by atomic mass is 10.0. The van der Waals surface area contributed by atoms with Gasteiger partial charge in [0.05, 0.1) is 20.3 Å². The Hall–Kier alpha value is -1.82. The highest BCUT2D eigenvalue weighted by Gasteiger charge is 2.31. The summed E-state index contributed by atoms with van der Waals surface area (Å²) in [5.41, 5.74) is 1.19. The van der Waals surface area contributed by atoms with E-state index in [1.165, 1.54) is 17.1 Å². The smallest absolute Gasteiger partial charge is 0.205 e. The molecule has 1 fully saturated rings. The fourth-order valence-electron chi connectivity index (χ4n) is 2.99. The van der Waals surface area contributed by atoms with Crippen LogP contribution in [0.5, 0.6) is 11.5 Å². The second-order valence-corrected chi connectivity index (χ2v) is 6.78. The topological polar surface area (TPSA) is 47.5 Å². The number of anilines is 1. The van der Waals surface area contributed by atoms with E-state index < -0.39 is 0 Å². The summed E-state index contributed by atoms with van der Waals surface area (Å²) in [6, 6.07) is 6.33. The molecule has 0 spiro atoms. The Labute approximate surface area is 141 Å². The van der Waals surface area contributed by atoms with Crippen LogP contribution in [0.25, 0.3) is 0 Å². The molecular formula is C17H23N3O2S. The van der Waals surface area contributed by atoms with E-state index >= 15 is 0 Å². The lowest BCUT2D eigenvalue weighted by molar-refractivity contribution is 0.388. The number of rotatable bonds is 5. The molecule has 0 radical (unpaired) electrons. The maximum atomic E-state index is 5.59. The van der Waals surface area contributed by atoms with Crippen molar-refractivity contribution in [1.82, 2.24) is 9.36 Å². The number of hydrogen-bond donors (Lipinski definition) is 0. The Morgan fingerprint density at radius 2 is 2.09 bits per heavy atom. The first-order valence-corrected chi connectivity index (χ1v) is 8.73. The Balaban J connectivity index is 1.92. The minimum absolute atomic E-state index is 0.281. The Morgan fingerprint density at radius 1 is 1.26 bits per heavy atom. The molecule has 1 aliphatic rings. The molecule has 1 aromatic carbocycles. The average molecular weight is 333 g/mol. The first-order chi connectivity index (χ1) is 11.1. The summed E-state index contributed by atoms with van der Waals surface area (Å²) in [6.07, 6.45) is 2.25. The third-order valence-corrected chi connectivity index (χ3v) is 5.01. The van der Waals surface area contributed by atoms with Crippen LogP contribution in [-0.4, -0.2) is 30.1 Å². The van der Waals surface area contributed by atoms with Gasteiger partial charge in [0, 0.05) is 35.6 Å². The molecule has 1 aliphatic heterocycles. The molecule has 2 heterocycles. The van der Waals surface area contributed by atoms with Gasteiger partial charge in [-0.3, -0.25) is 0 Å². The molecule has 1 saturated heterocycles. The zero-order valence-corrected chi connectivity index (χ0v) is 14.9. The zero-order valence-electron chi connectivity index (χ0n) is 14.1. The SMILES string of the molecule is COc1ccc(C2CCCN2c2nc(C(C)C)ns2)c(OC)c1. The van der Waals surface area contributed by atoms with Gasteiger partial charge in [0.1, 0.15) is 17.3 Å². The van der Waals surface area contributed by atoms with Crippen molar-refractivity contribution in [2.45, 2.75) is 38.6 Å². The number of benzene rings is 1. The summed E-state index contributed by atoms with van der Waals surface area (Å²) >= 11 is 1.49. The predicted octanol–water partition coefficient (Wildman–Crippen LogP) is 4.02. The summed E-state index contributed by atoms with van der Waals surface area (Å²) in [4.78, 5) is 7.08. The van der Waals surface area contributed by atoms with Gasteiger partial charge in [-0.1, -0.05) is 13.8 Å². The molecule has 0 bridgehead atoms. The van der Waals surface area contributed by atoms with Crippen LogP contribution in [0, 0.1) is 0 Å². The second kappa shape index (κ2) is 6.74. The first-order valence-electron chi connectivity index (χ1n) is 7.96. The molecule has 2 aromatic rings. The molecule has 0 aliphatic carbocycles. The van der Waals surface area contributed by atoms with Crippen LogP contribution in [0.4, 0.5) is 5.13 Å². The minimum Gasteiger partial charge on any atom is -0.497 e. The van der Waals surface area contributed by atoms with Gasteiger partial charge in [-0.05, 0) is 25.0 Å². The molecule has 6 heteroatoms. The summed E-state index contributed by atoms with van der Waals surface area (Å²) < 4.78 is 15.4. The van der Waals surface area contributed by atoms with E-state index in [4.69, 9.17) is 14.5 Å². The number of hydrogen-bond acceptors (Lipinski definition) is 6. The first kappa shape index (κ1) is 16.1. The number of aromatic nitrogens is 2. The van der Waals surface area contributed by atoms with Crippen molar-refractivity contribution < 1.29 is 9.47 Å². The highest BCUT2D eigenvalue weighted by Crippen LogP contribution is 2.41.